The van der Waals surface area contributed by atoms with Crippen molar-refractivity contribution in [2.45, 2.75) is 78.5 Å². The third-order valence-corrected chi connectivity index (χ3v) is 10.7. The van der Waals surface area contributed by atoms with Crippen molar-refractivity contribution < 1.29 is 57.2 Å². The second kappa shape index (κ2) is 30.7. The largest absolute Gasteiger partial charge is 0.461 e. The number of ether oxygens (including phenoxy) is 5. The standard InChI is InChI=1S/C51H66N6O12/c1-36(2)49(45(59)33-41(12-8-23-54-51(52)64)50(63)55-43-18-14-38(15-19-43)35-69-37(3)58)56-47(61)22-25-65-27-29-67-31-32-68-30-28-66-26-24-53-46(60)20-21-48(62)57-34-42-11-5-4-9-39(42)16-17-40-10-6-7-13-44(40)57/h4-7,9-11,13-15,18-19,36,41,49H,8,12,20-35H2,1-3H3,(H,53,60)(H,55,63)(H,56,61)(H3,52,54,64)/t41-,49+/m1/s1. The second-order valence-corrected chi connectivity index (χ2v) is 16.5. The van der Waals surface area contributed by atoms with Gasteiger partial charge in [-0.1, -0.05) is 68.2 Å². The van der Waals surface area contributed by atoms with E-state index >= 15 is 0 Å². The second-order valence-electron chi connectivity index (χ2n) is 16.5. The predicted molar refractivity (Wildman–Crippen MR) is 257 cm³/mol. The van der Waals surface area contributed by atoms with Crippen LogP contribution in [0.3, 0.4) is 0 Å². The number of para-hydroxylation sites is 1. The number of amides is 6. The van der Waals surface area contributed by atoms with Crippen molar-refractivity contribution in [2.24, 2.45) is 17.6 Å². The van der Waals surface area contributed by atoms with Crippen molar-refractivity contribution in [3.05, 3.63) is 95.1 Å². The number of primary amides is 1. The van der Waals surface area contributed by atoms with E-state index in [0.29, 0.717) is 51.6 Å². The van der Waals surface area contributed by atoms with E-state index in [4.69, 9.17) is 29.4 Å². The molecule has 18 heteroatoms. The summed E-state index contributed by atoms with van der Waals surface area (Å²) in [5, 5.41) is 10.9. The number of nitrogens with two attached hydrogens (primary N) is 1. The van der Waals surface area contributed by atoms with Crippen molar-refractivity contribution in [3.8, 4) is 11.8 Å². The smallest absolute Gasteiger partial charge is 0.312 e. The average Bonchev–Trinajstić information content (AvgIpc) is 3.32. The fraction of sp³-hybridized carbons (Fsp3) is 0.471. The first-order valence-electron chi connectivity index (χ1n) is 23.3. The Hall–Kier alpha value is -6.65. The van der Waals surface area contributed by atoms with Gasteiger partial charge in [-0.15, -0.1) is 0 Å². The van der Waals surface area contributed by atoms with Gasteiger partial charge in [0.2, 0.25) is 23.6 Å². The molecule has 3 aromatic rings. The number of esters is 1. The lowest BCUT2D eigenvalue weighted by molar-refractivity contribution is -0.142. The maximum atomic E-state index is 13.5. The van der Waals surface area contributed by atoms with Crippen LogP contribution < -0.4 is 31.9 Å². The topological polar surface area (TPSA) is 243 Å². The summed E-state index contributed by atoms with van der Waals surface area (Å²) in [5.41, 5.74) is 9.71. The van der Waals surface area contributed by atoms with E-state index in [1.54, 1.807) is 43.0 Å². The maximum absolute atomic E-state index is 13.5. The molecule has 4 rings (SSSR count). The molecule has 3 aromatic carbocycles. The molecule has 0 bridgehead atoms. The summed E-state index contributed by atoms with van der Waals surface area (Å²) in [6.45, 7) is 8.15. The van der Waals surface area contributed by atoms with Gasteiger partial charge in [0.15, 0.2) is 5.78 Å². The Kier molecular flexibility index (Phi) is 24.4. The summed E-state index contributed by atoms with van der Waals surface area (Å²) in [4.78, 5) is 89.6. The number of Topliss-reactive ketones (excluding diaryl/α,β-unsaturated/α-hetero) is 1. The normalized spacial score (nSPS) is 12.4. The van der Waals surface area contributed by atoms with Gasteiger partial charge in [-0.3, -0.25) is 28.8 Å². The minimum atomic E-state index is -0.837. The number of anilines is 2. The fourth-order valence-corrected chi connectivity index (χ4v) is 7.07. The molecule has 1 aliphatic heterocycles. The molecule has 69 heavy (non-hydrogen) atoms. The number of nitrogens with zero attached hydrogens (tertiary/aromatic N) is 1. The molecule has 2 atom stereocenters. The van der Waals surface area contributed by atoms with Gasteiger partial charge >= 0.3 is 12.0 Å². The minimum absolute atomic E-state index is 0.0134. The van der Waals surface area contributed by atoms with Crippen LogP contribution in [0.1, 0.15) is 81.5 Å². The average molecular weight is 955 g/mol. The molecule has 0 unspecified atom stereocenters. The first kappa shape index (κ1) is 55.0. The number of nitrogens with one attached hydrogen (secondary N) is 4. The summed E-state index contributed by atoms with van der Waals surface area (Å²) in [5.74, 6) is 3.49. The molecule has 6 N–H and O–H groups in total. The number of hydrogen-bond donors (Lipinski definition) is 5. The van der Waals surface area contributed by atoms with E-state index in [0.717, 1.165) is 27.9 Å². The number of carbonyl (C=O) groups is 7. The Bertz CT molecular complexity index is 2220. The highest BCUT2D eigenvalue weighted by atomic mass is 16.6. The molecule has 18 nitrogen and oxygen atoms in total. The molecule has 0 fully saturated rings. The monoisotopic (exact) mass is 954 g/mol. The van der Waals surface area contributed by atoms with E-state index in [1.807, 2.05) is 48.5 Å². The van der Waals surface area contributed by atoms with Crippen LogP contribution >= 0.6 is 0 Å². The first-order chi connectivity index (χ1) is 33.3. The van der Waals surface area contributed by atoms with Gasteiger partial charge in [0, 0.05) is 68.4 Å². The lowest BCUT2D eigenvalue weighted by Crippen LogP contribution is -2.45. The summed E-state index contributed by atoms with van der Waals surface area (Å²) < 4.78 is 27.2. The third kappa shape index (κ3) is 21.0. The van der Waals surface area contributed by atoms with E-state index < -0.39 is 29.9 Å². The van der Waals surface area contributed by atoms with E-state index in [1.165, 1.54) is 6.92 Å². The van der Waals surface area contributed by atoms with Crippen molar-refractivity contribution in [2.75, 3.05) is 76.2 Å². The molecular formula is C51H66N6O12. The highest BCUT2D eigenvalue weighted by Gasteiger charge is 2.30. The number of hydrogen-bond acceptors (Lipinski definition) is 12. The van der Waals surface area contributed by atoms with Crippen LogP contribution in [0.4, 0.5) is 16.2 Å². The van der Waals surface area contributed by atoms with Gasteiger partial charge in [-0.2, -0.15) is 0 Å². The molecular weight excluding hydrogens is 889 g/mol. The number of rotatable bonds is 31. The molecule has 6 amide bonds. The quantitative estimate of drug-likeness (QED) is 0.0347. The van der Waals surface area contributed by atoms with Gasteiger partial charge in [-0.25, -0.2) is 4.79 Å². The molecule has 0 aliphatic carbocycles. The zero-order chi connectivity index (χ0) is 49.8. The van der Waals surface area contributed by atoms with Crippen LogP contribution in [0.5, 0.6) is 0 Å². The van der Waals surface area contributed by atoms with E-state index in [2.05, 4.69) is 33.1 Å². The Morgan fingerprint density at radius 3 is 1.99 bits per heavy atom. The minimum Gasteiger partial charge on any atom is -0.461 e. The summed E-state index contributed by atoms with van der Waals surface area (Å²) in [6, 6.07) is 20.5. The predicted octanol–water partition coefficient (Wildman–Crippen LogP) is 4.15. The van der Waals surface area contributed by atoms with Gasteiger partial charge < -0.3 is 55.6 Å². The Labute approximate surface area is 404 Å². The highest BCUT2D eigenvalue weighted by molar-refractivity contribution is 5.98. The van der Waals surface area contributed by atoms with Gasteiger partial charge in [0.25, 0.3) is 0 Å². The third-order valence-electron chi connectivity index (χ3n) is 10.7. The summed E-state index contributed by atoms with van der Waals surface area (Å²) in [6.07, 6.45) is 0.632. The van der Waals surface area contributed by atoms with Gasteiger partial charge in [0.05, 0.1) is 71.1 Å². The van der Waals surface area contributed by atoms with Crippen molar-refractivity contribution in [1.29, 1.82) is 0 Å². The molecule has 0 aromatic heterocycles. The van der Waals surface area contributed by atoms with Crippen LogP contribution in [0.2, 0.25) is 0 Å². The van der Waals surface area contributed by atoms with Crippen molar-refractivity contribution >= 4 is 52.8 Å². The molecule has 0 radical (unpaired) electrons. The number of benzene rings is 3. The zero-order valence-electron chi connectivity index (χ0n) is 39.8. The Balaban J connectivity index is 1.03. The van der Waals surface area contributed by atoms with Crippen LogP contribution in [0.25, 0.3) is 0 Å². The maximum Gasteiger partial charge on any atom is 0.312 e. The van der Waals surface area contributed by atoms with Crippen LogP contribution in [-0.2, 0) is 65.6 Å². The summed E-state index contributed by atoms with van der Waals surface area (Å²) in [7, 11) is 0. The molecule has 0 saturated heterocycles. The number of urea groups is 1. The van der Waals surface area contributed by atoms with Crippen LogP contribution in [0.15, 0.2) is 72.8 Å². The summed E-state index contributed by atoms with van der Waals surface area (Å²) >= 11 is 0. The highest BCUT2D eigenvalue weighted by Crippen LogP contribution is 2.26. The first-order valence-corrected chi connectivity index (χ1v) is 23.3. The van der Waals surface area contributed by atoms with Crippen LogP contribution in [0, 0.1) is 23.7 Å². The van der Waals surface area contributed by atoms with E-state index in [-0.39, 0.29) is 101 Å². The number of carbonyl (C=O) groups excluding carboxylic acids is 7. The van der Waals surface area contributed by atoms with E-state index in [9.17, 15) is 33.6 Å². The number of ketones is 1. The molecule has 0 saturated carbocycles. The lowest BCUT2D eigenvalue weighted by Gasteiger charge is -2.26. The van der Waals surface area contributed by atoms with Gasteiger partial charge in [-0.05, 0) is 60.2 Å². The Morgan fingerprint density at radius 1 is 0.696 bits per heavy atom. The van der Waals surface area contributed by atoms with Crippen LogP contribution in [-0.4, -0.2) is 113 Å². The zero-order valence-corrected chi connectivity index (χ0v) is 39.8. The van der Waals surface area contributed by atoms with Gasteiger partial charge in [0.1, 0.15) is 6.61 Å². The molecule has 372 valence electrons. The number of fused-ring (bicyclic) bond motifs is 2. The molecule has 1 aliphatic rings. The lowest BCUT2D eigenvalue weighted by atomic mass is 9.89. The molecule has 0 spiro atoms. The molecule has 1 heterocycles. The van der Waals surface area contributed by atoms with Crippen molar-refractivity contribution in [3.63, 3.8) is 0 Å². The SMILES string of the molecule is CC(=O)OCc1ccc(NC(=O)[C@H](CCCNC(N)=O)CC(=O)[C@@H](NC(=O)CCOCCOCCOCCOCCNC(=O)CCC(=O)N2Cc3ccccc3C#Cc3ccccc32)C(C)C)cc1. The van der Waals surface area contributed by atoms with Crippen molar-refractivity contribution in [1.82, 2.24) is 16.0 Å². The fourth-order valence-electron chi connectivity index (χ4n) is 7.07. The Morgan fingerprint density at radius 2 is 1.32 bits per heavy atom.